The molecule has 1 aromatic heterocycles. The second-order valence-corrected chi connectivity index (χ2v) is 10.5. The summed E-state index contributed by atoms with van der Waals surface area (Å²) in [6.45, 7) is 6.83. The molecule has 6 rings (SSSR count). The number of hydrogen-bond acceptors (Lipinski definition) is 5. The highest BCUT2D eigenvalue weighted by Gasteiger charge is 2.43. The first kappa shape index (κ1) is 21.7. The fourth-order valence-corrected chi connectivity index (χ4v) is 6.68. The van der Waals surface area contributed by atoms with Crippen LogP contribution in [-0.4, -0.2) is 61.3 Å². The van der Waals surface area contributed by atoms with Crippen LogP contribution in [0.4, 0.5) is 10.5 Å². The van der Waals surface area contributed by atoms with Gasteiger partial charge >= 0.3 is 6.03 Å². The normalized spacial score (nSPS) is 24.6. The summed E-state index contributed by atoms with van der Waals surface area (Å²) in [6, 6.07) is 4.59. The van der Waals surface area contributed by atoms with Crippen molar-refractivity contribution in [2.75, 3.05) is 44.7 Å². The lowest BCUT2D eigenvalue weighted by atomic mass is 9.74. The van der Waals surface area contributed by atoms with E-state index in [0.29, 0.717) is 11.1 Å². The van der Waals surface area contributed by atoms with Gasteiger partial charge < -0.3 is 19.8 Å². The predicted molar refractivity (Wildman–Crippen MR) is 129 cm³/mol. The van der Waals surface area contributed by atoms with E-state index in [1.54, 1.807) is 0 Å². The Balaban J connectivity index is 1.24. The maximum Gasteiger partial charge on any atom is 0.319 e. The van der Waals surface area contributed by atoms with Gasteiger partial charge in [0.25, 0.3) is 0 Å². The van der Waals surface area contributed by atoms with E-state index in [-0.39, 0.29) is 11.6 Å². The third-order valence-electron chi connectivity index (χ3n) is 8.09. The van der Waals surface area contributed by atoms with Crippen LogP contribution in [0, 0.1) is 0 Å². The zero-order valence-electron chi connectivity index (χ0n) is 19.1. The van der Waals surface area contributed by atoms with Crippen LogP contribution in [-0.2, 0) is 16.8 Å². The first-order valence-corrected chi connectivity index (χ1v) is 12.9. The number of hydrogen-bond donors (Lipinski definition) is 2. The van der Waals surface area contributed by atoms with E-state index < -0.39 is 0 Å². The Kier molecular flexibility index (Phi) is 5.77. The number of ether oxygens (including phenoxy) is 1. The average molecular weight is 473 g/mol. The van der Waals surface area contributed by atoms with E-state index in [0.717, 1.165) is 99.6 Å². The van der Waals surface area contributed by atoms with E-state index in [9.17, 15) is 4.79 Å². The van der Waals surface area contributed by atoms with Gasteiger partial charge in [0.05, 0.1) is 36.0 Å². The molecule has 2 N–H and O–H groups in total. The number of anilines is 1. The number of amides is 2. The third-order valence-corrected chi connectivity index (χ3v) is 8.38. The summed E-state index contributed by atoms with van der Waals surface area (Å²) in [7, 11) is 0. The number of carbonyl (C=O) groups excluding carboxylic acids is 1. The lowest BCUT2D eigenvalue weighted by Crippen LogP contribution is -2.52. The van der Waals surface area contributed by atoms with Crippen molar-refractivity contribution in [3.05, 3.63) is 28.5 Å². The number of rotatable bonds is 3. The number of urea groups is 1. The topological polar surface area (TPSA) is 70.0 Å². The molecule has 1 aliphatic carbocycles. The van der Waals surface area contributed by atoms with Crippen LogP contribution in [0.1, 0.15) is 56.3 Å². The van der Waals surface area contributed by atoms with Crippen LogP contribution in [0.2, 0.25) is 5.02 Å². The minimum atomic E-state index is -0.384. The molecule has 1 saturated carbocycles. The Hall–Kier alpha value is -1.80. The lowest BCUT2D eigenvalue weighted by Gasteiger charge is -2.42. The molecule has 33 heavy (non-hydrogen) atoms. The highest BCUT2D eigenvalue weighted by molar-refractivity contribution is 6.35. The fraction of sp³-hybridized carbons (Fsp3) is 0.640. The monoisotopic (exact) mass is 472 g/mol. The first-order valence-electron chi connectivity index (χ1n) is 12.5. The summed E-state index contributed by atoms with van der Waals surface area (Å²) in [5.74, 6) is 0.974. The molecule has 2 amide bonds. The number of nitrogens with zero attached hydrogens (tertiary/aromatic N) is 2. The number of likely N-dealkylation sites (tertiary alicyclic amines) is 1. The highest BCUT2D eigenvalue weighted by Crippen LogP contribution is 2.49. The van der Waals surface area contributed by atoms with Gasteiger partial charge in [0.2, 0.25) is 0 Å². The molecule has 0 unspecified atom stereocenters. The van der Waals surface area contributed by atoms with Gasteiger partial charge in [-0.25, -0.2) is 4.79 Å². The number of halogens is 1. The van der Waals surface area contributed by atoms with Crippen LogP contribution in [0.3, 0.4) is 0 Å². The van der Waals surface area contributed by atoms with Crippen molar-refractivity contribution in [2.45, 2.75) is 63.1 Å². The molecular formula is C25H33ClN4O3. The molecular weight excluding hydrogens is 440 g/mol. The van der Waals surface area contributed by atoms with Gasteiger partial charge in [-0.3, -0.25) is 9.80 Å². The molecule has 7 nitrogen and oxygen atoms in total. The predicted octanol–water partition coefficient (Wildman–Crippen LogP) is 4.68. The lowest BCUT2D eigenvalue weighted by molar-refractivity contribution is -0.000218. The van der Waals surface area contributed by atoms with Gasteiger partial charge in [0.15, 0.2) is 0 Å². The van der Waals surface area contributed by atoms with Crippen LogP contribution < -0.4 is 10.6 Å². The van der Waals surface area contributed by atoms with Crippen molar-refractivity contribution in [1.29, 1.82) is 0 Å². The second-order valence-electron chi connectivity index (χ2n) is 10.1. The van der Waals surface area contributed by atoms with Crippen LogP contribution >= 0.6 is 11.6 Å². The fourth-order valence-electron chi connectivity index (χ4n) is 6.42. The maximum atomic E-state index is 12.5. The molecule has 4 heterocycles. The molecule has 3 fully saturated rings. The molecule has 3 aliphatic heterocycles. The van der Waals surface area contributed by atoms with Crippen molar-refractivity contribution < 1.29 is 13.9 Å². The summed E-state index contributed by atoms with van der Waals surface area (Å²) < 4.78 is 12.0. The number of nitrogens with one attached hydrogen (secondary N) is 2. The quantitative estimate of drug-likeness (QED) is 0.678. The van der Waals surface area contributed by atoms with E-state index in [4.69, 9.17) is 20.8 Å². The summed E-state index contributed by atoms with van der Waals surface area (Å²) in [4.78, 5) is 17.6. The average Bonchev–Trinajstić information content (AvgIpc) is 3.22. The molecule has 8 heteroatoms. The Labute approximate surface area is 199 Å². The summed E-state index contributed by atoms with van der Waals surface area (Å²) in [5.41, 5.74) is 2.26. The summed E-state index contributed by atoms with van der Waals surface area (Å²) in [5, 5.41) is 7.81. The molecule has 1 spiro atoms. The summed E-state index contributed by atoms with van der Waals surface area (Å²) in [6.07, 6.45) is 7.63. The second kappa shape index (κ2) is 8.77. The minimum absolute atomic E-state index is 0.166. The van der Waals surface area contributed by atoms with Gasteiger partial charge in [-0.1, -0.05) is 30.9 Å². The van der Waals surface area contributed by atoms with Crippen LogP contribution in [0.15, 0.2) is 16.5 Å². The third kappa shape index (κ3) is 4.03. The minimum Gasteiger partial charge on any atom is -0.459 e. The van der Waals surface area contributed by atoms with Crippen LogP contribution in [0.25, 0.3) is 11.0 Å². The van der Waals surface area contributed by atoms with Crippen molar-refractivity contribution in [2.24, 2.45) is 0 Å². The Bertz CT molecular complexity index is 1030. The standard InChI is InChI=1S/C25H33ClN4O3/c26-20-15-17-14-19(16-29-8-4-18(5-9-29)30-10-12-32-13-11-30)33-23(17)21-22(20)27-24(31)28-25(21)6-2-1-3-7-25/h14-15,18H,1-13,16H2,(H2,27,28,31). The molecule has 0 atom stereocenters. The number of furan rings is 1. The number of carbonyl (C=O) groups is 1. The summed E-state index contributed by atoms with van der Waals surface area (Å²) >= 11 is 6.67. The van der Waals surface area contributed by atoms with E-state index in [1.165, 1.54) is 19.3 Å². The van der Waals surface area contributed by atoms with Gasteiger partial charge in [-0.05, 0) is 37.8 Å². The van der Waals surface area contributed by atoms with Gasteiger partial charge in [-0.2, -0.15) is 0 Å². The first-order chi connectivity index (χ1) is 16.1. The smallest absolute Gasteiger partial charge is 0.319 e. The van der Waals surface area contributed by atoms with Gasteiger partial charge in [0, 0.05) is 43.2 Å². The van der Waals surface area contributed by atoms with E-state index >= 15 is 0 Å². The number of benzene rings is 1. The number of fused-ring (bicyclic) bond motifs is 4. The zero-order chi connectivity index (χ0) is 22.4. The van der Waals surface area contributed by atoms with Gasteiger partial charge in [0.1, 0.15) is 11.3 Å². The Morgan fingerprint density at radius 3 is 2.58 bits per heavy atom. The highest BCUT2D eigenvalue weighted by atomic mass is 35.5. The van der Waals surface area contributed by atoms with Crippen molar-refractivity contribution >= 4 is 34.3 Å². The molecule has 178 valence electrons. The van der Waals surface area contributed by atoms with Gasteiger partial charge in [-0.15, -0.1) is 0 Å². The molecule has 0 radical (unpaired) electrons. The molecule has 1 aromatic carbocycles. The number of piperidine rings is 1. The van der Waals surface area contributed by atoms with Crippen molar-refractivity contribution in [1.82, 2.24) is 15.1 Å². The molecule has 4 aliphatic rings. The van der Waals surface area contributed by atoms with E-state index in [2.05, 4.69) is 26.5 Å². The number of morpholine rings is 1. The molecule has 2 aromatic rings. The van der Waals surface area contributed by atoms with Crippen LogP contribution in [0.5, 0.6) is 0 Å². The van der Waals surface area contributed by atoms with Crippen molar-refractivity contribution in [3.8, 4) is 0 Å². The Morgan fingerprint density at radius 2 is 1.82 bits per heavy atom. The molecule has 0 bridgehead atoms. The largest absolute Gasteiger partial charge is 0.459 e. The maximum absolute atomic E-state index is 12.5. The SMILES string of the molecule is O=C1Nc2c(Cl)cc3cc(CN4CCC(N5CCOCC5)CC4)oc3c2C2(CCCCC2)N1. The Morgan fingerprint density at radius 1 is 1.06 bits per heavy atom. The van der Waals surface area contributed by atoms with Crippen molar-refractivity contribution in [3.63, 3.8) is 0 Å². The zero-order valence-corrected chi connectivity index (χ0v) is 19.9. The van der Waals surface area contributed by atoms with E-state index in [1.807, 2.05) is 6.07 Å². The molecule has 2 saturated heterocycles.